The second-order valence-corrected chi connectivity index (χ2v) is 4.84. The van der Waals surface area contributed by atoms with Crippen LogP contribution in [-0.4, -0.2) is 22.1 Å². The number of rotatable bonds is 5. The van der Waals surface area contributed by atoms with Gasteiger partial charge in [0.25, 0.3) is 5.56 Å². The summed E-state index contributed by atoms with van der Waals surface area (Å²) in [5.74, 6) is 0.236. The number of amides is 1. The number of aryl methyl sites for hydroxylation is 1. The predicted octanol–water partition coefficient (Wildman–Crippen LogP) is 1.60. The first kappa shape index (κ1) is 14.7. The van der Waals surface area contributed by atoms with Crippen LogP contribution in [0.2, 0.25) is 0 Å². The van der Waals surface area contributed by atoms with Crippen molar-refractivity contribution in [1.29, 1.82) is 0 Å². The van der Waals surface area contributed by atoms with Gasteiger partial charge in [0.1, 0.15) is 11.5 Å². The first-order valence-corrected chi connectivity index (χ1v) is 7.06. The minimum absolute atomic E-state index is 0.115. The highest BCUT2D eigenvalue weighted by Gasteiger charge is 2.07. The molecule has 0 aliphatic carbocycles. The molecule has 0 spiro atoms. The normalized spacial score (nSPS) is 11.1. The molecule has 23 heavy (non-hydrogen) atoms. The molecule has 0 fully saturated rings. The summed E-state index contributed by atoms with van der Waals surface area (Å²) in [5.41, 5.74) is 3.79. The average molecular weight is 310 g/mol. The van der Waals surface area contributed by atoms with Crippen LogP contribution in [0.4, 0.5) is 0 Å². The van der Waals surface area contributed by atoms with Crippen molar-refractivity contribution in [2.75, 3.05) is 0 Å². The molecule has 1 amide bonds. The third-order valence-corrected chi connectivity index (χ3v) is 3.18. The van der Waals surface area contributed by atoms with Crippen molar-refractivity contribution in [2.45, 2.75) is 12.8 Å². The summed E-state index contributed by atoms with van der Waals surface area (Å²) in [7, 11) is 0. The zero-order valence-corrected chi connectivity index (χ0v) is 12.2. The SMILES string of the molecule is O=C(CCc1nc2ccccc2[nH]c1=O)N/N=C/c1ccco1. The molecule has 0 unspecified atom stereocenters. The molecule has 116 valence electrons. The molecule has 2 aromatic heterocycles. The molecule has 2 heterocycles. The van der Waals surface area contributed by atoms with Crippen LogP contribution in [0.1, 0.15) is 17.9 Å². The molecular formula is C16H14N4O3. The number of nitrogens with zero attached hydrogens (tertiary/aromatic N) is 2. The number of H-pyrrole nitrogens is 1. The van der Waals surface area contributed by atoms with Gasteiger partial charge >= 0.3 is 0 Å². The fourth-order valence-electron chi connectivity index (χ4n) is 2.06. The molecule has 0 aliphatic heterocycles. The van der Waals surface area contributed by atoms with E-state index in [9.17, 15) is 9.59 Å². The number of furan rings is 1. The minimum atomic E-state index is -0.304. The smallest absolute Gasteiger partial charge is 0.270 e. The van der Waals surface area contributed by atoms with Gasteiger partial charge in [-0.15, -0.1) is 0 Å². The molecule has 3 aromatic rings. The van der Waals surface area contributed by atoms with Crippen LogP contribution in [0.15, 0.2) is 57.0 Å². The summed E-state index contributed by atoms with van der Waals surface area (Å²) in [6.45, 7) is 0. The number of nitrogens with one attached hydrogen (secondary N) is 2. The lowest BCUT2D eigenvalue weighted by molar-refractivity contribution is -0.121. The lowest BCUT2D eigenvalue weighted by Crippen LogP contribution is -2.21. The van der Waals surface area contributed by atoms with Gasteiger partial charge in [-0.2, -0.15) is 5.10 Å². The number of benzene rings is 1. The van der Waals surface area contributed by atoms with E-state index in [0.717, 1.165) is 0 Å². The third kappa shape index (κ3) is 3.70. The Bertz CT molecular complexity index is 897. The van der Waals surface area contributed by atoms with E-state index in [0.29, 0.717) is 22.5 Å². The van der Waals surface area contributed by atoms with Gasteiger partial charge in [0.05, 0.1) is 23.5 Å². The van der Waals surface area contributed by atoms with Crippen LogP contribution in [0.3, 0.4) is 0 Å². The van der Waals surface area contributed by atoms with Crippen LogP contribution >= 0.6 is 0 Å². The topological polar surface area (TPSA) is 100 Å². The van der Waals surface area contributed by atoms with E-state index in [1.54, 1.807) is 18.2 Å². The number of carbonyl (C=O) groups is 1. The van der Waals surface area contributed by atoms with Crippen LogP contribution in [0.25, 0.3) is 11.0 Å². The maximum absolute atomic E-state index is 11.9. The first-order chi connectivity index (χ1) is 11.2. The maximum Gasteiger partial charge on any atom is 0.270 e. The molecule has 0 radical (unpaired) electrons. The Balaban J connectivity index is 1.60. The van der Waals surface area contributed by atoms with Gasteiger partial charge in [-0.25, -0.2) is 10.4 Å². The summed E-state index contributed by atoms with van der Waals surface area (Å²) in [6.07, 6.45) is 3.27. The predicted molar refractivity (Wildman–Crippen MR) is 85.1 cm³/mol. The third-order valence-electron chi connectivity index (χ3n) is 3.18. The number of aromatic nitrogens is 2. The number of hydrazone groups is 1. The fourth-order valence-corrected chi connectivity index (χ4v) is 2.06. The van der Waals surface area contributed by atoms with Crippen molar-refractivity contribution in [3.63, 3.8) is 0 Å². The van der Waals surface area contributed by atoms with Crippen LogP contribution in [-0.2, 0) is 11.2 Å². The Kier molecular flexibility index (Phi) is 4.28. The Morgan fingerprint density at radius 2 is 2.17 bits per heavy atom. The van der Waals surface area contributed by atoms with Gasteiger partial charge in [0.2, 0.25) is 5.91 Å². The van der Waals surface area contributed by atoms with Crippen molar-refractivity contribution in [3.8, 4) is 0 Å². The van der Waals surface area contributed by atoms with Gasteiger partial charge < -0.3 is 9.40 Å². The standard InChI is InChI=1S/C16H14N4O3/c21-15(20-17-10-11-4-3-9-23-11)8-7-14-16(22)19-13-6-2-1-5-12(13)18-14/h1-6,9-10H,7-8H2,(H,19,22)(H,20,21)/b17-10+. The highest BCUT2D eigenvalue weighted by molar-refractivity contribution is 5.80. The fraction of sp³-hybridized carbons (Fsp3) is 0.125. The summed E-state index contributed by atoms with van der Waals surface area (Å²) < 4.78 is 5.05. The average Bonchev–Trinajstić information content (AvgIpc) is 3.06. The maximum atomic E-state index is 11.9. The molecular weight excluding hydrogens is 296 g/mol. The molecule has 0 bridgehead atoms. The second kappa shape index (κ2) is 6.69. The second-order valence-electron chi connectivity index (χ2n) is 4.84. The molecule has 1 aromatic carbocycles. The number of carbonyl (C=O) groups excluding carboxylic acids is 1. The quantitative estimate of drug-likeness (QED) is 0.552. The van der Waals surface area contributed by atoms with Gasteiger partial charge in [-0.3, -0.25) is 9.59 Å². The summed E-state index contributed by atoms with van der Waals surface area (Å²) in [6, 6.07) is 10.7. The van der Waals surface area contributed by atoms with Gasteiger partial charge in [-0.1, -0.05) is 12.1 Å². The molecule has 2 N–H and O–H groups in total. The molecule has 0 atom stereocenters. The van der Waals surface area contributed by atoms with Crippen molar-refractivity contribution in [2.24, 2.45) is 5.10 Å². The van der Waals surface area contributed by atoms with Crippen molar-refractivity contribution in [3.05, 3.63) is 64.5 Å². The number of hydrogen-bond acceptors (Lipinski definition) is 5. The summed E-state index contributed by atoms with van der Waals surface area (Å²) in [5, 5.41) is 3.77. The lowest BCUT2D eigenvalue weighted by Gasteiger charge is -2.02. The number of fused-ring (bicyclic) bond motifs is 1. The Hall–Kier alpha value is -3.22. The first-order valence-electron chi connectivity index (χ1n) is 7.06. The van der Waals surface area contributed by atoms with Gasteiger partial charge in [-0.05, 0) is 24.3 Å². The van der Waals surface area contributed by atoms with E-state index >= 15 is 0 Å². The Morgan fingerprint density at radius 3 is 3.00 bits per heavy atom. The molecule has 7 nitrogen and oxygen atoms in total. The van der Waals surface area contributed by atoms with E-state index in [4.69, 9.17) is 4.42 Å². The van der Waals surface area contributed by atoms with Crippen molar-refractivity contribution >= 4 is 23.2 Å². The van der Waals surface area contributed by atoms with E-state index in [1.807, 2.05) is 18.2 Å². The Labute approximate surface area is 131 Å². The number of aromatic amines is 1. The molecule has 7 heteroatoms. The summed E-state index contributed by atoms with van der Waals surface area (Å²) >= 11 is 0. The van der Waals surface area contributed by atoms with Crippen LogP contribution in [0, 0.1) is 0 Å². The minimum Gasteiger partial charge on any atom is -0.463 e. The van der Waals surface area contributed by atoms with Gasteiger partial charge in [0.15, 0.2) is 0 Å². The van der Waals surface area contributed by atoms with Crippen molar-refractivity contribution in [1.82, 2.24) is 15.4 Å². The molecule has 0 saturated heterocycles. The Morgan fingerprint density at radius 1 is 1.30 bits per heavy atom. The highest BCUT2D eigenvalue weighted by Crippen LogP contribution is 2.06. The van der Waals surface area contributed by atoms with E-state index in [1.165, 1.54) is 12.5 Å². The molecule has 3 rings (SSSR count). The van der Waals surface area contributed by atoms with Crippen LogP contribution in [0.5, 0.6) is 0 Å². The van der Waals surface area contributed by atoms with Crippen LogP contribution < -0.4 is 11.0 Å². The van der Waals surface area contributed by atoms with Crippen molar-refractivity contribution < 1.29 is 9.21 Å². The monoisotopic (exact) mass is 310 g/mol. The molecule has 0 saturated carbocycles. The van der Waals surface area contributed by atoms with E-state index in [-0.39, 0.29) is 24.3 Å². The number of para-hydroxylation sites is 2. The van der Waals surface area contributed by atoms with Gasteiger partial charge in [0, 0.05) is 12.8 Å². The lowest BCUT2D eigenvalue weighted by atomic mass is 10.2. The van der Waals surface area contributed by atoms with E-state index < -0.39 is 0 Å². The zero-order chi connectivity index (χ0) is 16.1. The molecule has 0 aliphatic rings. The number of hydrogen-bond donors (Lipinski definition) is 2. The highest BCUT2D eigenvalue weighted by atomic mass is 16.3. The van der Waals surface area contributed by atoms with E-state index in [2.05, 4.69) is 20.5 Å². The largest absolute Gasteiger partial charge is 0.463 e. The summed E-state index contributed by atoms with van der Waals surface area (Å²) in [4.78, 5) is 30.7. The zero-order valence-electron chi connectivity index (χ0n) is 12.2.